The van der Waals surface area contributed by atoms with E-state index in [4.69, 9.17) is 0 Å². The lowest BCUT2D eigenvalue weighted by molar-refractivity contribution is 0.539. The number of rotatable bonds is 6. The lowest BCUT2D eigenvalue weighted by atomic mass is 10.2. The number of para-hydroxylation sites is 1. The van der Waals surface area contributed by atoms with Gasteiger partial charge >= 0.3 is 0 Å². The summed E-state index contributed by atoms with van der Waals surface area (Å²) in [5, 5.41) is 7.90. The van der Waals surface area contributed by atoms with Crippen molar-refractivity contribution in [2.75, 3.05) is 24.5 Å². The number of anilines is 1. The predicted molar refractivity (Wildman–Crippen MR) is 86.6 cm³/mol. The summed E-state index contributed by atoms with van der Waals surface area (Å²) in [5.41, 5.74) is 2.67. The normalized spacial score (nSPS) is 18.3. The molecule has 1 aliphatic heterocycles. The Morgan fingerprint density at radius 3 is 2.90 bits per heavy atom. The Hall–Kier alpha value is -1.81. The Morgan fingerprint density at radius 2 is 2.14 bits per heavy atom. The molecule has 0 bridgehead atoms. The summed E-state index contributed by atoms with van der Waals surface area (Å²) in [6.07, 6.45) is 7.59. The van der Waals surface area contributed by atoms with Crippen LogP contribution in [0, 0.1) is 0 Å². The number of nitrogens with one attached hydrogen (secondary N) is 1. The van der Waals surface area contributed by atoms with Crippen molar-refractivity contribution in [3.63, 3.8) is 0 Å². The average Bonchev–Trinajstić information content (AvgIpc) is 3.14. The summed E-state index contributed by atoms with van der Waals surface area (Å²) in [4.78, 5) is 2.47. The van der Waals surface area contributed by atoms with E-state index in [2.05, 4.69) is 51.8 Å². The highest BCUT2D eigenvalue weighted by Crippen LogP contribution is 2.19. The number of aryl methyl sites for hydroxylation is 2. The van der Waals surface area contributed by atoms with Gasteiger partial charge in [-0.05, 0) is 43.5 Å². The van der Waals surface area contributed by atoms with Crippen LogP contribution < -0.4 is 10.2 Å². The summed E-state index contributed by atoms with van der Waals surface area (Å²) >= 11 is 0. The fourth-order valence-electron chi connectivity index (χ4n) is 3.00. The molecule has 1 saturated heterocycles. The molecule has 4 heteroatoms. The molecular formula is C17H24N4. The number of hydrogen-bond acceptors (Lipinski definition) is 3. The Balaban J connectivity index is 1.37. The van der Waals surface area contributed by atoms with Crippen molar-refractivity contribution in [3.05, 3.63) is 48.3 Å². The molecule has 1 aromatic heterocycles. The lowest BCUT2D eigenvalue weighted by Crippen LogP contribution is -2.33. The van der Waals surface area contributed by atoms with Crippen molar-refractivity contribution < 1.29 is 0 Å². The monoisotopic (exact) mass is 284 g/mol. The van der Waals surface area contributed by atoms with Crippen LogP contribution in [-0.4, -0.2) is 35.5 Å². The van der Waals surface area contributed by atoms with E-state index < -0.39 is 0 Å². The Morgan fingerprint density at radius 1 is 1.29 bits per heavy atom. The highest BCUT2D eigenvalue weighted by atomic mass is 15.2. The first-order valence-electron chi connectivity index (χ1n) is 7.82. The molecule has 2 aromatic rings. The van der Waals surface area contributed by atoms with Crippen molar-refractivity contribution in [3.8, 4) is 0 Å². The van der Waals surface area contributed by atoms with Gasteiger partial charge in [-0.1, -0.05) is 18.2 Å². The van der Waals surface area contributed by atoms with Crippen LogP contribution in [0.25, 0.3) is 0 Å². The molecule has 1 aromatic carbocycles. The quantitative estimate of drug-likeness (QED) is 0.826. The molecule has 0 amide bonds. The largest absolute Gasteiger partial charge is 0.370 e. The molecule has 4 nitrogen and oxygen atoms in total. The molecule has 21 heavy (non-hydrogen) atoms. The van der Waals surface area contributed by atoms with Gasteiger partial charge < -0.3 is 10.2 Å². The van der Waals surface area contributed by atoms with Crippen LogP contribution in [0.15, 0.2) is 42.7 Å². The summed E-state index contributed by atoms with van der Waals surface area (Å²) in [6.45, 7) is 3.36. The minimum atomic E-state index is 0.624. The van der Waals surface area contributed by atoms with E-state index in [-0.39, 0.29) is 0 Å². The van der Waals surface area contributed by atoms with Gasteiger partial charge in [-0.2, -0.15) is 5.10 Å². The smallest absolute Gasteiger partial charge is 0.0521 e. The topological polar surface area (TPSA) is 33.1 Å². The van der Waals surface area contributed by atoms with Gasteiger partial charge in [-0.3, -0.25) is 4.68 Å². The minimum Gasteiger partial charge on any atom is -0.370 e. The number of nitrogens with zero attached hydrogens (tertiary/aromatic N) is 3. The highest BCUT2D eigenvalue weighted by molar-refractivity contribution is 5.47. The third kappa shape index (κ3) is 3.85. The van der Waals surface area contributed by atoms with Crippen molar-refractivity contribution in [2.24, 2.45) is 7.05 Å². The zero-order valence-electron chi connectivity index (χ0n) is 12.7. The minimum absolute atomic E-state index is 0.624. The van der Waals surface area contributed by atoms with Gasteiger partial charge in [-0.25, -0.2) is 0 Å². The zero-order chi connectivity index (χ0) is 14.5. The van der Waals surface area contributed by atoms with Gasteiger partial charge in [0.15, 0.2) is 0 Å². The van der Waals surface area contributed by atoms with Crippen molar-refractivity contribution >= 4 is 5.69 Å². The summed E-state index contributed by atoms with van der Waals surface area (Å²) < 4.78 is 1.87. The molecule has 1 atom stereocenters. The van der Waals surface area contributed by atoms with Gasteiger partial charge in [0, 0.05) is 38.1 Å². The molecule has 0 saturated carbocycles. The fraction of sp³-hybridized carbons (Fsp3) is 0.471. The van der Waals surface area contributed by atoms with Crippen LogP contribution >= 0.6 is 0 Å². The van der Waals surface area contributed by atoms with E-state index in [1.54, 1.807) is 0 Å². The van der Waals surface area contributed by atoms with E-state index in [0.717, 1.165) is 26.1 Å². The number of aromatic nitrogens is 2. The molecule has 112 valence electrons. The van der Waals surface area contributed by atoms with Crippen LogP contribution in [0.5, 0.6) is 0 Å². The van der Waals surface area contributed by atoms with E-state index in [9.17, 15) is 0 Å². The second-order valence-corrected chi connectivity index (χ2v) is 5.85. The lowest BCUT2D eigenvalue weighted by Gasteiger charge is -2.19. The van der Waals surface area contributed by atoms with Gasteiger partial charge in [0.05, 0.1) is 6.20 Å². The Kier molecular flexibility index (Phi) is 4.55. The molecule has 2 heterocycles. The first kappa shape index (κ1) is 14.1. The van der Waals surface area contributed by atoms with Gasteiger partial charge in [0.1, 0.15) is 0 Å². The second-order valence-electron chi connectivity index (χ2n) is 5.85. The maximum atomic E-state index is 4.21. The Bertz CT molecular complexity index is 549. The second kappa shape index (κ2) is 6.76. The van der Waals surface area contributed by atoms with E-state index in [1.165, 1.54) is 24.1 Å². The molecule has 1 fully saturated rings. The molecule has 1 N–H and O–H groups in total. The summed E-state index contributed by atoms with van der Waals surface area (Å²) in [7, 11) is 1.97. The van der Waals surface area contributed by atoms with E-state index in [1.807, 2.05) is 17.9 Å². The van der Waals surface area contributed by atoms with E-state index in [0.29, 0.717) is 6.04 Å². The van der Waals surface area contributed by atoms with Crippen LogP contribution in [0.3, 0.4) is 0 Å². The molecule has 3 rings (SSSR count). The van der Waals surface area contributed by atoms with Crippen molar-refractivity contribution in [1.82, 2.24) is 15.1 Å². The third-order valence-corrected chi connectivity index (χ3v) is 4.14. The number of benzene rings is 1. The Labute approximate surface area is 126 Å². The molecular weight excluding hydrogens is 260 g/mol. The maximum absolute atomic E-state index is 4.21. The first-order valence-corrected chi connectivity index (χ1v) is 7.82. The van der Waals surface area contributed by atoms with Gasteiger partial charge in [-0.15, -0.1) is 0 Å². The van der Waals surface area contributed by atoms with Crippen LogP contribution in [0.1, 0.15) is 18.4 Å². The highest BCUT2D eigenvalue weighted by Gasteiger charge is 2.21. The SMILES string of the molecule is Cn1cc(CCCNC2CCN(c3ccccc3)C2)cn1. The summed E-state index contributed by atoms with van der Waals surface area (Å²) in [6, 6.07) is 11.3. The zero-order valence-corrected chi connectivity index (χ0v) is 12.7. The fourth-order valence-corrected chi connectivity index (χ4v) is 3.00. The average molecular weight is 284 g/mol. The maximum Gasteiger partial charge on any atom is 0.0521 e. The van der Waals surface area contributed by atoms with Crippen LogP contribution in [0.4, 0.5) is 5.69 Å². The third-order valence-electron chi connectivity index (χ3n) is 4.14. The predicted octanol–water partition coefficient (Wildman–Crippen LogP) is 2.22. The molecule has 0 spiro atoms. The van der Waals surface area contributed by atoms with Crippen LogP contribution in [0.2, 0.25) is 0 Å². The van der Waals surface area contributed by atoms with Gasteiger partial charge in [0.25, 0.3) is 0 Å². The molecule has 0 aliphatic carbocycles. The molecule has 1 aliphatic rings. The van der Waals surface area contributed by atoms with Crippen LogP contribution in [-0.2, 0) is 13.5 Å². The van der Waals surface area contributed by atoms with Crippen molar-refractivity contribution in [1.29, 1.82) is 0 Å². The number of hydrogen-bond donors (Lipinski definition) is 1. The standard InChI is InChI=1S/C17H24N4/c1-20-13-15(12-19-20)6-5-10-18-16-9-11-21(14-16)17-7-3-2-4-8-17/h2-4,7-8,12-13,16,18H,5-6,9-11,14H2,1H3. The molecule has 1 unspecified atom stereocenters. The van der Waals surface area contributed by atoms with Gasteiger partial charge in [0.2, 0.25) is 0 Å². The first-order chi connectivity index (χ1) is 10.3. The molecule has 0 radical (unpaired) electrons. The summed E-state index contributed by atoms with van der Waals surface area (Å²) in [5.74, 6) is 0. The van der Waals surface area contributed by atoms with E-state index >= 15 is 0 Å². The van der Waals surface area contributed by atoms with Crippen molar-refractivity contribution in [2.45, 2.75) is 25.3 Å².